The van der Waals surface area contributed by atoms with Crippen LogP contribution in [-0.2, 0) is 13.0 Å². The Labute approximate surface area is 215 Å². The molecule has 2 aromatic heterocycles. The number of aryl methyl sites for hydroxylation is 1. The molecule has 2 aromatic carbocycles. The molecule has 4 aromatic rings. The summed E-state index contributed by atoms with van der Waals surface area (Å²) in [6, 6.07) is 17.8. The number of ether oxygens (including phenoxy) is 1. The van der Waals surface area contributed by atoms with Gasteiger partial charge < -0.3 is 14.6 Å². The van der Waals surface area contributed by atoms with E-state index in [9.17, 15) is 4.79 Å². The minimum atomic E-state index is -0.0535. The van der Waals surface area contributed by atoms with E-state index in [1.807, 2.05) is 54.8 Å². The number of thiazole rings is 1. The third-order valence-corrected chi connectivity index (χ3v) is 7.14. The Morgan fingerprint density at radius 2 is 1.91 bits per heavy atom. The largest absolute Gasteiger partial charge is 0.497 e. The van der Waals surface area contributed by atoms with E-state index in [4.69, 9.17) is 21.3 Å². The number of carbonyl (C=O) groups excluding carboxylic acids is 1. The predicted octanol–water partition coefficient (Wildman–Crippen LogP) is 6.88. The fourth-order valence-corrected chi connectivity index (χ4v) is 5.08. The van der Waals surface area contributed by atoms with Gasteiger partial charge in [-0.1, -0.05) is 55.8 Å². The van der Waals surface area contributed by atoms with Crippen molar-refractivity contribution in [2.24, 2.45) is 5.92 Å². The van der Waals surface area contributed by atoms with Crippen molar-refractivity contribution in [3.63, 3.8) is 0 Å². The molecule has 0 bridgehead atoms. The van der Waals surface area contributed by atoms with E-state index in [1.54, 1.807) is 18.4 Å². The Bertz CT molecular complexity index is 1310. The molecule has 1 amide bonds. The van der Waals surface area contributed by atoms with E-state index in [0.717, 1.165) is 46.4 Å². The van der Waals surface area contributed by atoms with Gasteiger partial charge in [0.2, 0.25) is 0 Å². The van der Waals surface area contributed by atoms with Crippen LogP contribution in [-0.4, -0.2) is 29.1 Å². The van der Waals surface area contributed by atoms with Gasteiger partial charge in [0.25, 0.3) is 5.91 Å². The van der Waals surface area contributed by atoms with Crippen LogP contribution in [0.1, 0.15) is 35.5 Å². The highest BCUT2D eigenvalue weighted by Gasteiger charge is 2.21. The summed E-state index contributed by atoms with van der Waals surface area (Å²) in [4.78, 5) is 17.9. The first-order valence-electron chi connectivity index (χ1n) is 11.7. The number of methoxy groups -OCH3 is 1. The van der Waals surface area contributed by atoms with Crippen molar-refractivity contribution in [1.82, 2.24) is 14.9 Å². The molecule has 0 atom stereocenters. The lowest BCUT2D eigenvalue weighted by Gasteiger charge is -2.12. The Kier molecular flexibility index (Phi) is 7.93. The van der Waals surface area contributed by atoms with Crippen LogP contribution in [0.3, 0.4) is 0 Å². The van der Waals surface area contributed by atoms with Gasteiger partial charge in [-0.3, -0.25) is 4.79 Å². The molecule has 0 unspecified atom stereocenters. The second-order valence-electron chi connectivity index (χ2n) is 8.90. The number of benzene rings is 2. The molecule has 0 aliphatic rings. The van der Waals surface area contributed by atoms with Gasteiger partial charge in [0.15, 0.2) is 0 Å². The Hall–Kier alpha value is -3.09. The number of hydrogen-bond donors (Lipinski definition) is 1. The summed E-state index contributed by atoms with van der Waals surface area (Å²) < 4.78 is 7.47. The van der Waals surface area contributed by atoms with Crippen LogP contribution in [0, 0.1) is 12.8 Å². The third kappa shape index (κ3) is 5.77. The number of carbonyl (C=O) groups is 1. The minimum absolute atomic E-state index is 0.0535. The molecule has 1 N–H and O–H groups in total. The zero-order valence-electron chi connectivity index (χ0n) is 20.5. The van der Waals surface area contributed by atoms with Crippen LogP contribution < -0.4 is 10.1 Å². The third-order valence-electron chi connectivity index (χ3n) is 5.94. The Balaban J connectivity index is 1.68. The molecule has 0 saturated heterocycles. The number of aromatic nitrogens is 2. The maximum absolute atomic E-state index is 13.0. The number of halogens is 1. The maximum Gasteiger partial charge on any atom is 0.253 e. The lowest BCUT2D eigenvalue weighted by Crippen LogP contribution is -2.27. The molecule has 182 valence electrons. The molecule has 5 nitrogen and oxygen atoms in total. The van der Waals surface area contributed by atoms with E-state index in [1.165, 1.54) is 5.56 Å². The molecular weight excluding hydrogens is 478 g/mol. The molecule has 2 heterocycles. The summed E-state index contributed by atoms with van der Waals surface area (Å²) in [6.07, 6.45) is 0.821. The van der Waals surface area contributed by atoms with Crippen LogP contribution in [0.15, 0.2) is 60.0 Å². The summed E-state index contributed by atoms with van der Waals surface area (Å²) in [5.41, 5.74) is 5.50. The number of amides is 1. The normalized spacial score (nSPS) is 11.1. The van der Waals surface area contributed by atoms with Crippen molar-refractivity contribution in [2.45, 2.75) is 33.7 Å². The van der Waals surface area contributed by atoms with Crippen molar-refractivity contribution >= 4 is 28.8 Å². The first-order valence-corrected chi connectivity index (χ1v) is 12.9. The van der Waals surface area contributed by atoms with E-state index < -0.39 is 0 Å². The molecule has 0 aliphatic carbocycles. The van der Waals surface area contributed by atoms with Crippen LogP contribution in [0.5, 0.6) is 5.75 Å². The van der Waals surface area contributed by atoms with Crippen molar-refractivity contribution < 1.29 is 9.53 Å². The van der Waals surface area contributed by atoms with Crippen LogP contribution >= 0.6 is 22.9 Å². The minimum Gasteiger partial charge on any atom is -0.497 e. The summed E-state index contributed by atoms with van der Waals surface area (Å²) in [7, 11) is 1.67. The summed E-state index contributed by atoms with van der Waals surface area (Å²) in [5, 5.41) is 6.62. The lowest BCUT2D eigenvalue weighted by atomic mass is 10.1. The zero-order valence-corrected chi connectivity index (χ0v) is 22.0. The van der Waals surface area contributed by atoms with Crippen LogP contribution in [0.2, 0.25) is 5.02 Å². The first kappa shape index (κ1) is 25.0. The van der Waals surface area contributed by atoms with Gasteiger partial charge >= 0.3 is 0 Å². The highest BCUT2D eigenvalue weighted by Crippen LogP contribution is 2.34. The van der Waals surface area contributed by atoms with Crippen molar-refractivity contribution in [2.75, 3.05) is 13.7 Å². The van der Waals surface area contributed by atoms with E-state index in [0.29, 0.717) is 23.0 Å². The molecule has 0 radical (unpaired) electrons. The van der Waals surface area contributed by atoms with E-state index in [-0.39, 0.29) is 5.91 Å². The van der Waals surface area contributed by atoms with Gasteiger partial charge in [-0.05, 0) is 49.1 Å². The molecule has 35 heavy (non-hydrogen) atoms. The molecular formula is C28H30ClN3O2S. The van der Waals surface area contributed by atoms with Crippen LogP contribution in [0.4, 0.5) is 0 Å². The van der Waals surface area contributed by atoms with Gasteiger partial charge in [-0.2, -0.15) is 0 Å². The summed E-state index contributed by atoms with van der Waals surface area (Å²) >= 11 is 7.97. The maximum atomic E-state index is 13.0. The van der Waals surface area contributed by atoms with Crippen molar-refractivity contribution in [1.29, 1.82) is 0 Å². The van der Waals surface area contributed by atoms with E-state index >= 15 is 0 Å². The van der Waals surface area contributed by atoms with Crippen molar-refractivity contribution in [3.8, 4) is 27.7 Å². The van der Waals surface area contributed by atoms with Crippen LogP contribution in [0.25, 0.3) is 22.0 Å². The number of hydrogen-bond acceptors (Lipinski definition) is 4. The highest BCUT2D eigenvalue weighted by atomic mass is 35.5. The summed E-state index contributed by atoms with van der Waals surface area (Å²) in [5.74, 6) is 1.17. The zero-order chi connectivity index (χ0) is 24.9. The van der Waals surface area contributed by atoms with Gasteiger partial charge in [-0.25, -0.2) is 4.98 Å². The molecule has 7 heteroatoms. The average Bonchev–Trinajstić information content (AvgIpc) is 3.46. The topological polar surface area (TPSA) is 56.2 Å². The molecule has 0 spiro atoms. The number of rotatable bonds is 9. The van der Waals surface area contributed by atoms with Crippen molar-refractivity contribution in [3.05, 3.63) is 81.8 Å². The van der Waals surface area contributed by atoms with E-state index in [2.05, 4.69) is 35.9 Å². The SMILES string of the molecule is COc1ccc(CCn2c(-c3csc(-c4ccccc4Cl)n3)cc(C(=O)NCC(C)C)c2C)cc1. The molecule has 4 rings (SSSR count). The smallest absolute Gasteiger partial charge is 0.253 e. The Morgan fingerprint density at radius 3 is 2.60 bits per heavy atom. The average molecular weight is 508 g/mol. The summed E-state index contributed by atoms with van der Waals surface area (Å²) in [6.45, 7) is 7.54. The second kappa shape index (κ2) is 11.1. The Morgan fingerprint density at radius 1 is 1.17 bits per heavy atom. The standard InChI is InChI=1S/C28H30ClN3O2S/c1-18(2)16-30-27(33)23-15-26(25-17-35-28(31-25)22-7-5-6-8-24(22)29)32(19(23)3)14-13-20-9-11-21(34-4)12-10-20/h5-12,15,17-18H,13-14,16H2,1-4H3,(H,30,33). The molecule has 0 saturated carbocycles. The molecule has 0 aliphatic heterocycles. The van der Waals surface area contributed by atoms with Gasteiger partial charge in [0.1, 0.15) is 10.8 Å². The predicted molar refractivity (Wildman–Crippen MR) is 145 cm³/mol. The van der Waals surface area contributed by atoms with Gasteiger partial charge in [0.05, 0.1) is 29.1 Å². The molecule has 0 fully saturated rings. The second-order valence-corrected chi connectivity index (χ2v) is 10.2. The fraction of sp³-hybridized carbons (Fsp3) is 0.286. The number of nitrogens with one attached hydrogen (secondary N) is 1. The monoisotopic (exact) mass is 507 g/mol. The number of nitrogens with zero attached hydrogens (tertiary/aromatic N) is 2. The lowest BCUT2D eigenvalue weighted by molar-refractivity contribution is 0.0948. The quantitative estimate of drug-likeness (QED) is 0.268. The van der Waals surface area contributed by atoms with Gasteiger partial charge in [-0.15, -0.1) is 11.3 Å². The first-order chi connectivity index (χ1) is 16.9. The highest BCUT2D eigenvalue weighted by molar-refractivity contribution is 7.13. The van der Waals surface area contributed by atoms with Gasteiger partial charge in [0, 0.05) is 29.7 Å². The fourth-order valence-electron chi connectivity index (χ4n) is 3.95.